The van der Waals surface area contributed by atoms with E-state index in [2.05, 4.69) is 0 Å². The monoisotopic (exact) mass is 282 g/mol. The first-order valence-electron chi connectivity index (χ1n) is 6.84. The number of halogens is 1. The van der Waals surface area contributed by atoms with Gasteiger partial charge in [0, 0.05) is 24.2 Å². The SMILES string of the molecule is CCN(C(=O)C1CCCC(N)C1)c1ccccc1.Cl. The maximum Gasteiger partial charge on any atom is 0.230 e. The number of nitrogens with two attached hydrogens (primary N) is 1. The maximum absolute atomic E-state index is 12.5. The Balaban J connectivity index is 0.00000180. The van der Waals surface area contributed by atoms with Gasteiger partial charge in [0.05, 0.1) is 0 Å². The van der Waals surface area contributed by atoms with E-state index in [-0.39, 0.29) is 30.3 Å². The molecule has 0 radical (unpaired) electrons. The molecule has 2 rings (SSSR count). The summed E-state index contributed by atoms with van der Waals surface area (Å²) in [5.41, 5.74) is 6.96. The Labute approximate surface area is 121 Å². The van der Waals surface area contributed by atoms with Crippen LogP contribution in [-0.4, -0.2) is 18.5 Å². The number of rotatable bonds is 3. The Morgan fingerprint density at radius 3 is 2.58 bits per heavy atom. The van der Waals surface area contributed by atoms with Crippen molar-refractivity contribution in [3.8, 4) is 0 Å². The number of carbonyl (C=O) groups is 1. The van der Waals surface area contributed by atoms with Crippen LogP contribution in [0.25, 0.3) is 0 Å². The average Bonchev–Trinajstić information content (AvgIpc) is 2.41. The van der Waals surface area contributed by atoms with Crippen molar-refractivity contribution in [2.75, 3.05) is 11.4 Å². The second-order valence-corrected chi connectivity index (χ2v) is 5.04. The quantitative estimate of drug-likeness (QED) is 0.926. The summed E-state index contributed by atoms with van der Waals surface area (Å²) in [7, 11) is 0. The highest BCUT2D eigenvalue weighted by atomic mass is 35.5. The van der Waals surface area contributed by atoms with Gasteiger partial charge in [0.15, 0.2) is 0 Å². The molecule has 2 atom stereocenters. The number of benzene rings is 1. The molecule has 0 heterocycles. The van der Waals surface area contributed by atoms with Crippen LogP contribution in [0.15, 0.2) is 30.3 Å². The second-order valence-electron chi connectivity index (χ2n) is 5.04. The van der Waals surface area contributed by atoms with E-state index >= 15 is 0 Å². The van der Waals surface area contributed by atoms with Gasteiger partial charge in [-0.15, -0.1) is 12.4 Å². The molecule has 106 valence electrons. The van der Waals surface area contributed by atoms with Gasteiger partial charge in [0.2, 0.25) is 5.91 Å². The molecule has 1 aliphatic carbocycles. The molecule has 1 aliphatic rings. The predicted molar refractivity (Wildman–Crippen MR) is 81.7 cm³/mol. The summed E-state index contributed by atoms with van der Waals surface area (Å²) in [6.07, 6.45) is 3.95. The molecule has 19 heavy (non-hydrogen) atoms. The Morgan fingerprint density at radius 2 is 2.00 bits per heavy atom. The first-order chi connectivity index (χ1) is 8.72. The lowest BCUT2D eigenvalue weighted by Crippen LogP contribution is -2.40. The lowest BCUT2D eigenvalue weighted by Gasteiger charge is -2.31. The van der Waals surface area contributed by atoms with Gasteiger partial charge in [-0.3, -0.25) is 4.79 Å². The van der Waals surface area contributed by atoms with Gasteiger partial charge < -0.3 is 10.6 Å². The Morgan fingerprint density at radius 1 is 1.32 bits per heavy atom. The van der Waals surface area contributed by atoms with Gasteiger partial charge in [-0.2, -0.15) is 0 Å². The van der Waals surface area contributed by atoms with Gasteiger partial charge in [0.1, 0.15) is 0 Å². The van der Waals surface area contributed by atoms with Gasteiger partial charge in [-0.25, -0.2) is 0 Å². The molecule has 4 heteroatoms. The summed E-state index contributed by atoms with van der Waals surface area (Å²) in [6, 6.07) is 10.1. The lowest BCUT2D eigenvalue weighted by atomic mass is 9.85. The van der Waals surface area contributed by atoms with Crippen LogP contribution in [0.2, 0.25) is 0 Å². The average molecular weight is 283 g/mol. The van der Waals surface area contributed by atoms with Crippen molar-refractivity contribution in [2.45, 2.75) is 38.6 Å². The molecule has 1 aromatic carbocycles. The number of hydrogen-bond donors (Lipinski definition) is 1. The van der Waals surface area contributed by atoms with Crippen LogP contribution in [0.3, 0.4) is 0 Å². The van der Waals surface area contributed by atoms with E-state index in [1.54, 1.807) is 0 Å². The predicted octanol–water partition coefficient (Wildman–Crippen LogP) is 2.98. The number of hydrogen-bond acceptors (Lipinski definition) is 2. The highest BCUT2D eigenvalue weighted by Gasteiger charge is 2.28. The summed E-state index contributed by atoms with van der Waals surface area (Å²) >= 11 is 0. The van der Waals surface area contributed by atoms with Crippen molar-refractivity contribution in [1.29, 1.82) is 0 Å². The molecular formula is C15H23ClN2O. The van der Waals surface area contributed by atoms with Crippen LogP contribution in [0.1, 0.15) is 32.6 Å². The summed E-state index contributed by atoms with van der Waals surface area (Å²) in [5.74, 6) is 0.341. The summed E-state index contributed by atoms with van der Waals surface area (Å²) < 4.78 is 0. The molecule has 1 fully saturated rings. The minimum atomic E-state index is 0. The van der Waals surface area contributed by atoms with Crippen molar-refractivity contribution >= 4 is 24.0 Å². The standard InChI is InChI=1S/C15H22N2O.ClH/c1-2-17(14-9-4-3-5-10-14)15(18)12-7-6-8-13(16)11-12;/h3-5,9-10,12-13H,2,6-8,11,16H2,1H3;1H. The van der Waals surface area contributed by atoms with Crippen molar-refractivity contribution < 1.29 is 4.79 Å². The molecule has 1 aromatic rings. The number of amides is 1. The smallest absolute Gasteiger partial charge is 0.230 e. The van der Waals surface area contributed by atoms with Crippen LogP contribution in [0, 0.1) is 5.92 Å². The van der Waals surface area contributed by atoms with E-state index < -0.39 is 0 Å². The zero-order valence-electron chi connectivity index (χ0n) is 11.4. The fraction of sp³-hybridized carbons (Fsp3) is 0.533. The molecule has 1 saturated carbocycles. The number of nitrogens with zero attached hydrogens (tertiary/aromatic N) is 1. The largest absolute Gasteiger partial charge is 0.328 e. The molecule has 0 aromatic heterocycles. The zero-order valence-corrected chi connectivity index (χ0v) is 12.2. The highest BCUT2D eigenvalue weighted by Crippen LogP contribution is 2.27. The van der Waals surface area contributed by atoms with E-state index in [4.69, 9.17) is 5.73 Å². The summed E-state index contributed by atoms with van der Waals surface area (Å²) in [4.78, 5) is 14.4. The molecule has 2 unspecified atom stereocenters. The zero-order chi connectivity index (χ0) is 13.0. The third-order valence-corrected chi connectivity index (χ3v) is 3.71. The third-order valence-electron chi connectivity index (χ3n) is 3.71. The maximum atomic E-state index is 12.5. The number of para-hydroxylation sites is 1. The Bertz CT molecular complexity index is 396. The van der Waals surface area contributed by atoms with Crippen molar-refractivity contribution in [2.24, 2.45) is 11.7 Å². The van der Waals surface area contributed by atoms with Crippen LogP contribution in [0.4, 0.5) is 5.69 Å². The van der Waals surface area contributed by atoms with Crippen molar-refractivity contribution in [3.63, 3.8) is 0 Å². The fourth-order valence-electron chi connectivity index (χ4n) is 2.75. The first-order valence-corrected chi connectivity index (χ1v) is 6.84. The third kappa shape index (κ3) is 3.95. The second kappa shape index (κ2) is 7.51. The Kier molecular flexibility index (Phi) is 6.32. The first kappa shape index (κ1) is 16.0. The van der Waals surface area contributed by atoms with Crippen LogP contribution in [0.5, 0.6) is 0 Å². The molecular weight excluding hydrogens is 260 g/mol. The molecule has 0 aliphatic heterocycles. The topological polar surface area (TPSA) is 46.3 Å². The van der Waals surface area contributed by atoms with Crippen LogP contribution < -0.4 is 10.6 Å². The van der Waals surface area contributed by atoms with E-state index in [0.29, 0.717) is 6.54 Å². The van der Waals surface area contributed by atoms with Crippen LogP contribution >= 0.6 is 12.4 Å². The molecule has 3 nitrogen and oxygen atoms in total. The van der Waals surface area contributed by atoms with Crippen LogP contribution in [-0.2, 0) is 4.79 Å². The fourth-order valence-corrected chi connectivity index (χ4v) is 2.75. The number of anilines is 1. The van der Waals surface area contributed by atoms with Gasteiger partial charge in [-0.1, -0.05) is 24.6 Å². The number of carbonyl (C=O) groups excluding carboxylic acids is 1. The minimum Gasteiger partial charge on any atom is -0.328 e. The van der Waals surface area contributed by atoms with E-state index in [1.165, 1.54) is 0 Å². The minimum absolute atomic E-state index is 0. The highest BCUT2D eigenvalue weighted by molar-refractivity contribution is 5.95. The molecule has 0 saturated heterocycles. The normalized spacial score (nSPS) is 22.4. The molecule has 2 N–H and O–H groups in total. The van der Waals surface area contributed by atoms with Gasteiger partial charge in [-0.05, 0) is 38.3 Å². The van der Waals surface area contributed by atoms with Gasteiger partial charge >= 0.3 is 0 Å². The van der Waals surface area contributed by atoms with Crippen molar-refractivity contribution in [1.82, 2.24) is 0 Å². The van der Waals surface area contributed by atoms with E-state index in [0.717, 1.165) is 31.4 Å². The Hall–Kier alpha value is -1.06. The summed E-state index contributed by atoms with van der Waals surface area (Å²) in [5, 5.41) is 0. The summed E-state index contributed by atoms with van der Waals surface area (Å²) in [6.45, 7) is 2.74. The molecule has 0 bridgehead atoms. The van der Waals surface area contributed by atoms with E-state index in [1.807, 2.05) is 42.2 Å². The lowest BCUT2D eigenvalue weighted by molar-refractivity contribution is -0.123. The van der Waals surface area contributed by atoms with E-state index in [9.17, 15) is 4.79 Å². The molecule has 0 spiro atoms. The molecule has 1 amide bonds. The van der Waals surface area contributed by atoms with Crippen molar-refractivity contribution in [3.05, 3.63) is 30.3 Å². The van der Waals surface area contributed by atoms with Gasteiger partial charge in [0.25, 0.3) is 0 Å².